The molecule has 1 aliphatic rings. The standard InChI is InChI=1S/C20H21ClN4O3S.ClH/c21-18-7-3-15(4-8-18)9-12-29(27,28)25-11-10-24(19(26)14-25)13-16-1-5-17(6-2-16)20(22)23;/h1-9,12H,10-11,13-14H2,(H3,22,23);1H/b12-9+;. The van der Waals surface area contributed by atoms with Gasteiger partial charge < -0.3 is 10.6 Å². The van der Waals surface area contributed by atoms with Crippen LogP contribution in [-0.2, 0) is 21.4 Å². The molecule has 7 nitrogen and oxygen atoms in total. The number of amides is 1. The molecule has 0 aromatic heterocycles. The van der Waals surface area contributed by atoms with Gasteiger partial charge in [0, 0.05) is 35.6 Å². The highest BCUT2D eigenvalue weighted by molar-refractivity contribution is 7.92. The molecule has 0 bridgehead atoms. The SMILES string of the molecule is Cl.N=C(N)c1ccc(CN2CCN(S(=O)(=O)/C=C/c3ccc(Cl)cc3)CC2=O)cc1. The number of nitrogens with zero attached hydrogens (tertiary/aromatic N) is 2. The smallest absolute Gasteiger partial charge is 0.238 e. The van der Waals surface area contributed by atoms with Gasteiger partial charge in [-0.3, -0.25) is 10.2 Å². The third kappa shape index (κ3) is 6.06. The number of nitrogen functional groups attached to an aromatic ring is 1. The largest absolute Gasteiger partial charge is 0.384 e. The molecule has 3 rings (SSSR count). The molecule has 3 N–H and O–H groups in total. The molecule has 0 atom stereocenters. The summed E-state index contributed by atoms with van der Waals surface area (Å²) in [5, 5.41) is 9.09. The number of hydrogen-bond acceptors (Lipinski definition) is 4. The van der Waals surface area contributed by atoms with Crippen LogP contribution in [0.3, 0.4) is 0 Å². The molecular weight excluding hydrogens is 447 g/mol. The van der Waals surface area contributed by atoms with Gasteiger partial charge in [-0.05, 0) is 29.3 Å². The Kier molecular flexibility index (Phi) is 8.03. The average molecular weight is 469 g/mol. The van der Waals surface area contributed by atoms with Crippen molar-refractivity contribution in [1.82, 2.24) is 9.21 Å². The van der Waals surface area contributed by atoms with Gasteiger partial charge in [-0.1, -0.05) is 48.0 Å². The minimum atomic E-state index is -3.70. The van der Waals surface area contributed by atoms with E-state index in [0.29, 0.717) is 29.2 Å². The number of piperazine rings is 1. The van der Waals surface area contributed by atoms with Crippen LogP contribution < -0.4 is 5.73 Å². The van der Waals surface area contributed by atoms with Gasteiger partial charge >= 0.3 is 0 Å². The van der Waals surface area contributed by atoms with Crippen LogP contribution in [0.1, 0.15) is 16.7 Å². The zero-order chi connectivity index (χ0) is 21.0. The molecule has 160 valence electrons. The Morgan fingerprint density at radius 3 is 2.30 bits per heavy atom. The van der Waals surface area contributed by atoms with Crippen molar-refractivity contribution < 1.29 is 13.2 Å². The normalized spacial score (nSPS) is 15.2. The number of carbonyl (C=O) groups excluding carboxylic acids is 1. The first-order valence-corrected chi connectivity index (χ1v) is 10.8. The van der Waals surface area contributed by atoms with E-state index < -0.39 is 10.0 Å². The van der Waals surface area contributed by atoms with E-state index in [9.17, 15) is 13.2 Å². The first kappa shape index (κ1) is 23.9. The summed E-state index contributed by atoms with van der Waals surface area (Å²) in [7, 11) is -3.70. The van der Waals surface area contributed by atoms with Crippen molar-refractivity contribution in [3.05, 3.63) is 75.7 Å². The second-order valence-corrected chi connectivity index (χ2v) is 8.91. The number of benzene rings is 2. The predicted octanol–water partition coefficient (Wildman–Crippen LogP) is 2.69. The Hall–Kier alpha value is -2.39. The third-order valence-electron chi connectivity index (χ3n) is 4.58. The fourth-order valence-corrected chi connectivity index (χ4v) is 4.16. The van der Waals surface area contributed by atoms with Crippen molar-refractivity contribution in [2.24, 2.45) is 5.73 Å². The molecule has 30 heavy (non-hydrogen) atoms. The summed E-state index contributed by atoms with van der Waals surface area (Å²) in [5.41, 5.74) is 7.65. The van der Waals surface area contributed by atoms with E-state index in [4.69, 9.17) is 22.7 Å². The van der Waals surface area contributed by atoms with E-state index in [-0.39, 0.29) is 37.2 Å². The molecule has 1 fully saturated rings. The molecule has 0 spiro atoms. The number of carbonyl (C=O) groups is 1. The van der Waals surface area contributed by atoms with E-state index in [2.05, 4.69) is 0 Å². The van der Waals surface area contributed by atoms with Crippen molar-refractivity contribution in [3.63, 3.8) is 0 Å². The molecular formula is C20H22Cl2N4O3S. The lowest BCUT2D eigenvalue weighted by atomic mass is 10.1. The predicted molar refractivity (Wildman–Crippen MR) is 121 cm³/mol. The van der Waals surface area contributed by atoms with Gasteiger partial charge in [0.25, 0.3) is 0 Å². The highest BCUT2D eigenvalue weighted by Gasteiger charge is 2.30. The van der Waals surface area contributed by atoms with Crippen molar-refractivity contribution in [2.45, 2.75) is 6.54 Å². The van der Waals surface area contributed by atoms with Gasteiger partial charge in [0.2, 0.25) is 15.9 Å². The molecule has 10 heteroatoms. The average Bonchev–Trinajstić information content (AvgIpc) is 2.69. The lowest BCUT2D eigenvalue weighted by Crippen LogP contribution is -2.51. The highest BCUT2D eigenvalue weighted by Crippen LogP contribution is 2.16. The Balaban J connectivity index is 0.00000320. The Morgan fingerprint density at radius 1 is 1.10 bits per heavy atom. The summed E-state index contributed by atoms with van der Waals surface area (Å²) in [6.45, 7) is 0.718. The van der Waals surface area contributed by atoms with Crippen molar-refractivity contribution >= 4 is 51.9 Å². The quantitative estimate of drug-likeness (QED) is 0.501. The van der Waals surface area contributed by atoms with Gasteiger partial charge in [-0.2, -0.15) is 4.31 Å². The van der Waals surface area contributed by atoms with E-state index >= 15 is 0 Å². The first-order valence-electron chi connectivity index (χ1n) is 8.89. The van der Waals surface area contributed by atoms with Gasteiger partial charge in [0.15, 0.2) is 0 Å². The molecule has 0 radical (unpaired) electrons. The number of hydrogen-bond donors (Lipinski definition) is 2. The topological polar surface area (TPSA) is 108 Å². The van der Waals surface area contributed by atoms with Crippen LogP contribution >= 0.6 is 24.0 Å². The van der Waals surface area contributed by atoms with Gasteiger partial charge in [0.05, 0.1) is 6.54 Å². The molecule has 0 unspecified atom stereocenters. The fourth-order valence-electron chi connectivity index (χ4n) is 2.91. The molecule has 1 aliphatic heterocycles. The lowest BCUT2D eigenvalue weighted by Gasteiger charge is -2.33. The van der Waals surface area contributed by atoms with E-state index in [0.717, 1.165) is 11.0 Å². The number of sulfonamides is 1. The summed E-state index contributed by atoms with van der Waals surface area (Å²) in [6.07, 6.45) is 1.49. The number of halogens is 2. The number of amidine groups is 1. The fraction of sp³-hybridized carbons (Fsp3) is 0.200. The third-order valence-corrected chi connectivity index (χ3v) is 6.35. The van der Waals surface area contributed by atoms with Crippen LogP contribution in [0, 0.1) is 5.41 Å². The molecule has 1 heterocycles. The number of nitrogens with one attached hydrogen (secondary N) is 1. The van der Waals surface area contributed by atoms with E-state index in [1.807, 2.05) is 12.1 Å². The summed E-state index contributed by atoms with van der Waals surface area (Å²) in [5.74, 6) is -0.270. The van der Waals surface area contributed by atoms with Gasteiger partial charge in [0.1, 0.15) is 5.84 Å². The van der Waals surface area contributed by atoms with Gasteiger partial charge in [-0.25, -0.2) is 8.42 Å². The molecule has 1 saturated heterocycles. The monoisotopic (exact) mass is 468 g/mol. The van der Waals surface area contributed by atoms with E-state index in [1.54, 1.807) is 41.3 Å². The van der Waals surface area contributed by atoms with Crippen LogP contribution in [0.15, 0.2) is 53.9 Å². The Morgan fingerprint density at radius 2 is 1.73 bits per heavy atom. The van der Waals surface area contributed by atoms with Crippen molar-refractivity contribution in [3.8, 4) is 0 Å². The maximum atomic E-state index is 12.5. The van der Waals surface area contributed by atoms with Gasteiger partial charge in [-0.15, -0.1) is 12.4 Å². The van der Waals surface area contributed by atoms with Crippen LogP contribution in [0.5, 0.6) is 0 Å². The molecule has 0 saturated carbocycles. The second kappa shape index (κ2) is 10.1. The minimum Gasteiger partial charge on any atom is -0.384 e. The summed E-state index contributed by atoms with van der Waals surface area (Å²) < 4.78 is 26.3. The zero-order valence-electron chi connectivity index (χ0n) is 16.0. The first-order chi connectivity index (χ1) is 13.7. The molecule has 2 aromatic rings. The molecule has 1 amide bonds. The lowest BCUT2D eigenvalue weighted by molar-refractivity contribution is -0.134. The molecule has 0 aliphatic carbocycles. The van der Waals surface area contributed by atoms with Crippen LogP contribution in [0.2, 0.25) is 5.02 Å². The Labute approximate surface area is 187 Å². The van der Waals surface area contributed by atoms with Crippen LogP contribution in [0.25, 0.3) is 6.08 Å². The summed E-state index contributed by atoms with van der Waals surface area (Å²) >= 11 is 5.83. The van der Waals surface area contributed by atoms with Crippen molar-refractivity contribution in [1.29, 1.82) is 5.41 Å². The second-order valence-electron chi connectivity index (χ2n) is 6.66. The zero-order valence-corrected chi connectivity index (χ0v) is 18.4. The number of rotatable bonds is 6. The molecule has 2 aromatic carbocycles. The van der Waals surface area contributed by atoms with E-state index in [1.165, 1.54) is 10.4 Å². The number of nitrogens with two attached hydrogens (primary N) is 1. The summed E-state index contributed by atoms with van der Waals surface area (Å²) in [4.78, 5) is 14.1. The maximum absolute atomic E-state index is 12.5. The van der Waals surface area contributed by atoms with Crippen LogP contribution in [-0.4, -0.2) is 49.0 Å². The van der Waals surface area contributed by atoms with Crippen LogP contribution in [0.4, 0.5) is 0 Å². The Bertz CT molecular complexity index is 1040. The highest BCUT2D eigenvalue weighted by atomic mass is 35.5. The maximum Gasteiger partial charge on any atom is 0.238 e. The minimum absolute atomic E-state index is 0. The van der Waals surface area contributed by atoms with Crippen molar-refractivity contribution in [2.75, 3.05) is 19.6 Å². The summed E-state index contributed by atoms with van der Waals surface area (Å²) in [6, 6.07) is 13.9.